The molecule has 0 amide bonds. The molecule has 0 bridgehead atoms. The van der Waals surface area contributed by atoms with E-state index < -0.39 is 20.1 Å². The number of hydrogen-bond donors (Lipinski definition) is 0. The zero-order valence-electron chi connectivity index (χ0n) is 20.2. The first-order valence-corrected chi connectivity index (χ1v) is 15.1. The summed E-state index contributed by atoms with van der Waals surface area (Å²) < 4.78 is 46.5. The number of methoxy groups -OCH3 is 2. The molecule has 0 spiro atoms. The average molecular weight is 497 g/mol. The third-order valence-electron chi connectivity index (χ3n) is 5.06. The molecule has 3 rings (SSSR count). The molecular formula is C22H32N4O5S2. The first kappa shape index (κ1) is 25.0. The minimum atomic E-state index is -3.66. The van der Waals surface area contributed by atoms with E-state index >= 15 is 0 Å². The summed E-state index contributed by atoms with van der Waals surface area (Å²) >= 11 is 0. The van der Waals surface area contributed by atoms with Crippen LogP contribution in [0.4, 0.5) is 5.95 Å². The van der Waals surface area contributed by atoms with Gasteiger partial charge < -0.3 is 13.9 Å². The van der Waals surface area contributed by atoms with Crippen molar-refractivity contribution < 1.29 is 22.3 Å². The normalized spacial score (nSPS) is 12.6. The summed E-state index contributed by atoms with van der Waals surface area (Å²) in [5.74, 6) is 3.25. The minimum absolute atomic E-state index is 0.0718. The van der Waals surface area contributed by atoms with Crippen molar-refractivity contribution in [2.24, 2.45) is 0 Å². The molecule has 1 aromatic carbocycles. The van der Waals surface area contributed by atoms with Crippen LogP contribution >= 0.6 is 10.0 Å². The molecule has 0 aliphatic carbocycles. The highest BCUT2D eigenvalue weighted by Crippen LogP contribution is 2.40. The number of para-hydroxylation sites is 1. The van der Waals surface area contributed by atoms with E-state index in [1.165, 1.54) is 4.31 Å². The second-order valence-corrected chi connectivity index (χ2v) is 15.1. The van der Waals surface area contributed by atoms with E-state index in [1.54, 1.807) is 50.0 Å². The Kier molecular flexibility index (Phi) is 7.32. The number of ether oxygens (including phenoxy) is 2. The second-order valence-electron chi connectivity index (χ2n) is 8.35. The number of benzene rings is 1. The van der Waals surface area contributed by atoms with Gasteiger partial charge in [0.15, 0.2) is 5.76 Å². The number of nitrogens with zero attached hydrogens (tertiary/aromatic N) is 4. The molecule has 33 heavy (non-hydrogen) atoms. The third kappa shape index (κ3) is 5.30. The Labute approximate surface area is 197 Å². The smallest absolute Gasteiger partial charge is 0.246 e. The number of aryl methyl sites for hydroxylation is 1. The zero-order valence-corrected chi connectivity index (χ0v) is 21.8. The van der Waals surface area contributed by atoms with Gasteiger partial charge in [-0.15, -0.1) is 10.2 Å². The SMILES string of the molecule is CCS(=O)(=O)N(CCS(C)(C)C)c1nnc(-c2ccc(C)o2)n1-c1c(OC)cccc1OC. The van der Waals surface area contributed by atoms with Crippen molar-refractivity contribution in [3.8, 4) is 28.8 Å². The quantitative estimate of drug-likeness (QED) is 0.422. The molecule has 11 heteroatoms. The first-order chi connectivity index (χ1) is 15.5. The lowest BCUT2D eigenvalue weighted by molar-refractivity contribution is 0.391. The Morgan fingerprint density at radius 1 is 1.03 bits per heavy atom. The Morgan fingerprint density at radius 2 is 1.67 bits per heavy atom. The van der Waals surface area contributed by atoms with Crippen LogP contribution in [0.2, 0.25) is 0 Å². The number of anilines is 1. The predicted octanol–water partition coefficient (Wildman–Crippen LogP) is 3.70. The number of hydrogen-bond acceptors (Lipinski definition) is 7. The third-order valence-corrected chi connectivity index (χ3v) is 8.22. The molecule has 0 fully saturated rings. The minimum Gasteiger partial charge on any atom is -0.494 e. The Hall–Kier alpha value is -2.66. The molecule has 0 saturated heterocycles. The summed E-state index contributed by atoms with van der Waals surface area (Å²) in [4.78, 5) is 0. The maximum atomic E-state index is 13.2. The topological polar surface area (TPSA) is 99.7 Å². The van der Waals surface area contributed by atoms with E-state index in [0.717, 1.165) is 0 Å². The lowest BCUT2D eigenvalue weighted by atomic mass is 10.2. The monoisotopic (exact) mass is 496 g/mol. The van der Waals surface area contributed by atoms with E-state index in [4.69, 9.17) is 13.9 Å². The fourth-order valence-corrected chi connectivity index (χ4v) is 5.18. The van der Waals surface area contributed by atoms with Crippen molar-refractivity contribution >= 4 is 26.0 Å². The highest BCUT2D eigenvalue weighted by Gasteiger charge is 2.32. The number of furan rings is 1. The van der Waals surface area contributed by atoms with Crippen LogP contribution < -0.4 is 13.8 Å². The molecule has 2 heterocycles. The molecule has 0 saturated carbocycles. The van der Waals surface area contributed by atoms with Crippen LogP contribution in [0, 0.1) is 6.92 Å². The molecule has 0 radical (unpaired) electrons. The highest BCUT2D eigenvalue weighted by atomic mass is 32.3. The highest BCUT2D eigenvalue weighted by molar-refractivity contribution is 8.32. The van der Waals surface area contributed by atoms with Crippen molar-refractivity contribution in [3.05, 3.63) is 36.1 Å². The molecule has 3 aromatic rings. The molecule has 0 aliphatic heterocycles. The van der Waals surface area contributed by atoms with Gasteiger partial charge in [-0.3, -0.25) is 4.57 Å². The van der Waals surface area contributed by atoms with Gasteiger partial charge in [-0.1, -0.05) is 6.07 Å². The van der Waals surface area contributed by atoms with Crippen molar-refractivity contribution in [2.45, 2.75) is 13.8 Å². The summed E-state index contributed by atoms with van der Waals surface area (Å²) in [5, 5.41) is 8.69. The van der Waals surface area contributed by atoms with Crippen LogP contribution in [0.5, 0.6) is 11.5 Å². The van der Waals surface area contributed by atoms with Crippen molar-refractivity contribution in [3.63, 3.8) is 0 Å². The zero-order chi connectivity index (χ0) is 24.4. The van der Waals surface area contributed by atoms with Crippen molar-refractivity contribution in [1.82, 2.24) is 14.8 Å². The van der Waals surface area contributed by atoms with Gasteiger partial charge in [-0.05, 0) is 62.6 Å². The van der Waals surface area contributed by atoms with Gasteiger partial charge in [0.2, 0.25) is 21.8 Å². The van der Waals surface area contributed by atoms with E-state index in [-0.39, 0.29) is 18.2 Å². The fourth-order valence-electron chi connectivity index (χ4n) is 3.29. The summed E-state index contributed by atoms with van der Waals surface area (Å²) in [7, 11) is -1.54. The first-order valence-electron chi connectivity index (χ1n) is 10.4. The largest absolute Gasteiger partial charge is 0.494 e. The lowest BCUT2D eigenvalue weighted by Gasteiger charge is -2.30. The molecule has 0 atom stereocenters. The number of rotatable bonds is 10. The molecule has 182 valence electrons. The summed E-state index contributed by atoms with van der Waals surface area (Å²) in [6.45, 7) is 3.73. The van der Waals surface area contributed by atoms with Crippen LogP contribution in [0.15, 0.2) is 34.7 Å². The van der Waals surface area contributed by atoms with Gasteiger partial charge >= 0.3 is 0 Å². The molecular weight excluding hydrogens is 464 g/mol. The molecule has 0 N–H and O–H groups in total. The van der Waals surface area contributed by atoms with Gasteiger partial charge in [-0.2, -0.15) is 0 Å². The van der Waals surface area contributed by atoms with E-state index in [9.17, 15) is 8.42 Å². The molecule has 0 unspecified atom stereocenters. The van der Waals surface area contributed by atoms with Gasteiger partial charge in [0.25, 0.3) is 0 Å². The van der Waals surface area contributed by atoms with Crippen LogP contribution in [-0.2, 0) is 10.0 Å². The summed E-state index contributed by atoms with van der Waals surface area (Å²) in [6, 6.07) is 8.94. The Bertz CT molecular complexity index is 1190. The standard InChI is InChI=1S/C22H32N4O5S2/c1-8-33(27,28)25(14-15-32(5,6)7)22-24-23-21(19-13-12-16(2)31-19)26(22)20-17(29-3)10-9-11-18(20)30-4/h9-13H,8,14-15H2,1-7H3. The van der Waals surface area contributed by atoms with Gasteiger partial charge in [0.05, 0.1) is 20.0 Å². The lowest BCUT2D eigenvalue weighted by Crippen LogP contribution is -2.37. The van der Waals surface area contributed by atoms with Crippen LogP contribution in [0.1, 0.15) is 12.7 Å². The second kappa shape index (κ2) is 9.68. The number of aromatic nitrogens is 3. The Morgan fingerprint density at radius 3 is 2.15 bits per heavy atom. The summed E-state index contributed by atoms with van der Waals surface area (Å²) in [6.07, 6.45) is 6.44. The van der Waals surface area contributed by atoms with Crippen molar-refractivity contribution in [2.75, 3.05) is 55.3 Å². The van der Waals surface area contributed by atoms with Gasteiger partial charge in [0.1, 0.15) is 22.9 Å². The van der Waals surface area contributed by atoms with E-state index in [2.05, 4.69) is 29.0 Å². The van der Waals surface area contributed by atoms with Crippen LogP contribution in [0.3, 0.4) is 0 Å². The average Bonchev–Trinajstić information content (AvgIpc) is 3.38. The molecule has 0 aliphatic rings. The predicted molar refractivity (Wildman–Crippen MR) is 134 cm³/mol. The Balaban J connectivity index is 2.34. The summed E-state index contributed by atoms with van der Waals surface area (Å²) in [5.41, 5.74) is 0.492. The van der Waals surface area contributed by atoms with Crippen molar-refractivity contribution in [1.29, 1.82) is 0 Å². The van der Waals surface area contributed by atoms with Gasteiger partial charge in [0, 0.05) is 6.54 Å². The number of sulfonamides is 1. The van der Waals surface area contributed by atoms with Crippen LogP contribution in [0.25, 0.3) is 17.3 Å². The van der Waals surface area contributed by atoms with Crippen LogP contribution in [-0.4, -0.2) is 74.2 Å². The maximum absolute atomic E-state index is 13.2. The van der Waals surface area contributed by atoms with Gasteiger partial charge in [-0.25, -0.2) is 22.8 Å². The molecule has 9 nitrogen and oxygen atoms in total. The molecule has 2 aromatic heterocycles. The van der Waals surface area contributed by atoms with E-state index in [0.29, 0.717) is 40.3 Å². The van der Waals surface area contributed by atoms with E-state index in [1.807, 2.05) is 13.0 Å². The fraction of sp³-hybridized carbons (Fsp3) is 0.455. The maximum Gasteiger partial charge on any atom is 0.246 e.